The Hall–Kier alpha value is -2.57. The van der Waals surface area contributed by atoms with Gasteiger partial charge in [-0.3, -0.25) is 9.78 Å². The van der Waals surface area contributed by atoms with Gasteiger partial charge in [0, 0.05) is 19.3 Å². The highest BCUT2D eigenvalue weighted by molar-refractivity contribution is 5.95. The number of carbonyl (C=O) groups excluding carboxylic acids is 1. The lowest BCUT2D eigenvalue weighted by atomic mass is 10.1. The molecule has 126 valence electrons. The number of aromatic nitrogens is 1. The summed E-state index contributed by atoms with van der Waals surface area (Å²) in [6, 6.07) is 6.73. The molecule has 24 heavy (non-hydrogen) atoms. The van der Waals surface area contributed by atoms with Crippen molar-refractivity contribution in [2.45, 2.75) is 19.0 Å². The normalized spacial score (nSPS) is 14.7. The van der Waals surface area contributed by atoms with Crippen molar-refractivity contribution in [2.75, 3.05) is 18.4 Å². The van der Waals surface area contributed by atoms with Crippen molar-refractivity contribution in [1.82, 2.24) is 9.88 Å². The van der Waals surface area contributed by atoms with Crippen LogP contribution >= 0.6 is 0 Å². The zero-order valence-electron chi connectivity index (χ0n) is 12.8. The summed E-state index contributed by atoms with van der Waals surface area (Å²) in [6.45, 7) is 1.40. The maximum atomic E-state index is 13.0. The Bertz CT molecular complexity index is 740. The van der Waals surface area contributed by atoms with E-state index >= 15 is 0 Å². The molecule has 0 radical (unpaired) electrons. The zero-order chi connectivity index (χ0) is 17.2. The van der Waals surface area contributed by atoms with Gasteiger partial charge >= 0.3 is 6.18 Å². The summed E-state index contributed by atoms with van der Waals surface area (Å²) in [5.74, 6) is -0.146. The third-order valence-electron chi connectivity index (χ3n) is 3.89. The maximum Gasteiger partial charge on any atom is 0.418 e. The van der Waals surface area contributed by atoms with Crippen molar-refractivity contribution < 1.29 is 18.0 Å². The molecule has 0 atom stereocenters. The van der Waals surface area contributed by atoms with Crippen LogP contribution in [0.2, 0.25) is 0 Å². The van der Waals surface area contributed by atoms with Crippen molar-refractivity contribution >= 4 is 17.3 Å². The van der Waals surface area contributed by atoms with Crippen molar-refractivity contribution in [1.29, 1.82) is 0 Å². The van der Waals surface area contributed by atoms with E-state index in [2.05, 4.69) is 10.3 Å². The van der Waals surface area contributed by atoms with Gasteiger partial charge < -0.3 is 10.2 Å². The second-order valence-electron chi connectivity index (χ2n) is 5.63. The highest BCUT2D eigenvalue weighted by Gasteiger charge is 2.33. The van der Waals surface area contributed by atoms with Crippen LogP contribution in [0.4, 0.5) is 24.5 Å². The molecule has 1 amide bonds. The van der Waals surface area contributed by atoms with Crippen LogP contribution in [-0.4, -0.2) is 28.9 Å². The summed E-state index contributed by atoms with van der Waals surface area (Å²) in [6.07, 6.45) is 0.307. The summed E-state index contributed by atoms with van der Waals surface area (Å²) in [4.78, 5) is 18.1. The van der Waals surface area contributed by atoms with E-state index in [9.17, 15) is 18.0 Å². The fourth-order valence-corrected chi connectivity index (χ4v) is 2.72. The molecule has 0 saturated carbocycles. The van der Waals surface area contributed by atoms with Gasteiger partial charge in [-0.05, 0) is 31.0 Å². The van der Waals surface area contributed by atoms with Crippen LogP contribution in [-0.2, 0) is 6.18 Å². The molecular formula is C17H16F3N3O. The molecule has 3 rings (SSSR count). The Balaban J connectivity index is 1.84. The number of rotatable bonds is 3. The molecule has 4 nitrogen and oxygen atoms in total. The van der Waals surface area contributed by atoms with Gasteiger partial charge in [-0.25, -0.2) is 0 Å². The predicted octanol–water partition coefficient (Wildman–Crippen LogP) is 4.08. The Morgan fingerprint density at radius 3 is 2.54 bits per heavy atom. The average Bonchev–Trinajstić information content (AvgIpc) is 3.08. The molecule has 2 heterocycles. The summed E-state index contributed by atoms with van der Waals surface area (Å²) in [5, 5.41) is 2.71. The number of anilines is 2. The summed E-state index contributed by atoms with van der Waals surface area (Å²) >= 11 is 0. The second kappa shape index (κ2) is 6.51. The lowest BCUT2D eigenvalue weighted by molar-refractivity contribution is -0.136. The number of nitrogens with zero attached hydrogens (tertiary/aromatic N) is 2. The quantitative estimate of drug-likeness (QED) is 0.919. The van der Waals surface area contributed by atoms with E-state index in [1.54, 1.807) is 4.90 Å². The first-order chi connectivity index (χ1) is 11.4. The number of benzene rings is 1. The molecule has 1 N–H and O–H groups in total. The van der Waals surface area contributed by atoms with Gasteiger partial charge in [-0.15, -0.1) is 0 Å². The minimum absolute atomic E-state index is 0.0717. The zero-order valence-corrected chi connectivity index (χ0v) is 12.8. The molecule has 0 bridgehead atoms. The van der Waals surface area contributed by atoms with E-state index in [4.69, 9.17) is 0 Å². The molecule has 7 heteroatoms. The molecule has 1 fully saturated rings. The summed E-state index contributed by atoms with van der Waals surface area (Å²) in [5.41, 5.74) is -0.123. The monoisotopic (exact) mass is 335 g/mol. The summed E-state index contributed by atoms with van der Waals surface area (Å²) < 4.78 is 39.1. The van der Waals surface area contributed by atoms with Gasteiger partial charge in [0.2, 0.25) is 0 Å². The molecule has 0 unspecified atom stereocenters. The number of para-hydroxylation sites is 1. The van der Waals surface area contributed by atoms with E-state index in [1.165, 1.54) is 36.7 Å². The fourth-order valence-electron chi connectivity index (χ4n) is 2.72. The Labute approximate surface area is 137 Å². The van der Waals surface area contributed by atoms with Crippen LogP contribution in [0.15, 0.2) is 42.7 Å². The lowest BCUT2D eigenvalue weighted by Crippen LogP contribution is -2.27. The minimum atomic E-state index is -4.46. The topological polar surface area (TPSA) is 45.2 Å². The van der Waals surface area contributed by atoms with Crippen molar-refractivity contribution in [2.24, 2.45) is 0 Å². The van der Waals surface area contributed by atoms with Crippen LogP contribution in [0.3, 0.4) is 0 Å². The number of halogens is 3. The fraction of sp³-hybridized carbons (Fsp3) is 0.294. The number of pyridine rings is 1. The first-order valence-corrected chi connectivity index (χ1v) is 7.63. The third kappa shape index (κ3) is 3.50. The highest BCUT2D eigenvalue weighted by Crippen LogP contribution is 2.35. The lowest BCUT2D eigenvalue weighted by Gasteiger charge is -2.17. The Morgan fingerprint density at radius 1 is 1.12 bits per heavy atom. The first-order valence-electron chi connectivity index (χ1n) is 7.63. The number of hydrogen-bond donors (Lipinski definition) is 1. The van der Waals surface area contributed by atoms with E-state index in [-0.39, 0.29) is 11.6 Å². The Morgan fingerprint density at radius 2 is 1.83 bits per heavy atom. The molecule has 1 aromatic carbocycles. The number of amides is 1. The van der Waals surface area contributed by atoms with Crippen LogP contribution in [0.25, 0.3) is 0 Å². The average molecular weight is 335 g/mol. The van der Waals surface area contributed by atoms with Gasteiger partial charge in [0.05, 0.1) is 28.7 Å². The molecule has 1 aliphatic rings. The highest BCUT2D eigenvalue weighted by atomic mass is 19.4. The van der Waals surface area contributed by atoms with E-state index in [0.29, 0.717) is 24.3 Å². The van der Waals surface area contributed by atoms with Crippen LogP contribution < -0.4 is 5.32 Å². The molecule has 0 aliphatic carbocycles. The number of alkyl halides is 3. The largest absolute Gasteiger partial charge is 0.418 e. The van der Waals surface area contributed by atoms with Crippen LogP contribution in [0, 0.1) is 0 Å². The minimum Gasteiger partial charge on any atom is -0.354 e. The van der Waals surface area contributed by atoms with Crippen molar-refractivity contribution in [3.8, 4) is 0 Å². The molecule has 1 aliphatic heterocycles. The predicted molar refractivity (Wildman–Crippen MR) is 84.1 cm³/mol. The molecule has 1 saturated heterocycles. The number of carbonyl (C=O) groups is 1. The molecular weight excluding hydrogens is 319 g/mol. The van der Waals surface area contributed by atoms with Crippen LogP contribution in [0.5, 0.6) is 0 Å². The number of likely N-dealkylation sites (tertiary alicyclic amines) is 1. The van der Waals surface area contributed by atoms with Gasteiger partial charge in [0.1, 0.15) is 0 Å². The second-order valence-corrected chi connectivity index (χ2v) is 5.63. The van der Waals surface area contributed by atoms with Gasteiger partial charge in [-0.1, -0.05) is 12.1 Å². The Kier molecular flexibility index (Phi) is 4.42. The maximum absolute atomic E-state index is 13.0. The van der Waals surface area contributed by atoms with Crippen LogP contribution in [0.1, 0.15) is 28.8 Å². The van der Waals surface area contributed by atoms with E-state index < -0.39 is 11.7 Å². The summed E-state index contributed by atoms with van der Waals surface area (Å²) in [7, 11) is 0. The van der Waals surface area contributed by atoms with E-state index in [0.717, 1.165) is 18.9 Å². The van der Waals surface area contributed by atoms with Crippen molar-refractivity contribution in [3.63, 3.8) is 0 Å². The molecule has 2 aromatic rings. The van der Waals surface area contributed by atoms with Crippen molar-refractivity contribution in [3.05, 3.63) is 53.9 Å². The van der Waals surface area contributed by atoms with Gasteiger partial charge in [0.15, 0.2) is 0 Å². The van der Waals surface area contributed by atoms with Gasteiger partial charge in [0.25, 0.3) is 5.91 Å². The standard InChI is InChI=1S/C17H16F3N3O/c18-17(19,20)14-5-1-2-6-15(14)22-13-9-12(10-21-11-13)16(24)23-7-3-4-8-23/h1-2,5-6,9-11,22H,3-4,7-8H2. The smallest absolute Gasteiger partial charge is 0.354 e. The SMILES string of the molecule is O=C(c1cncc(Nc2ccccc2C(F)(F)F)c1)N1CCCC1. The number of hydrogen-bond acceptors (Lipinski definition) is 3. The molecule has 0 spiro atoms. The van der Waals surface area contributed by atoms with Gasteiger partial charge in [-0.2, -0.15) is 13.2 Å². The third-order valence-corrected chi connectivity index (χ3v) is 3.89. The molecule has 1 aromatic heterocycles. The number of nitrogens with one attached hydrogen (secondary N) is 1. The van der Waals surface area contributed by atoms with E-state index in [1.807, 2.05) is 0 Å². The first kappa shape index (κ1) is 16.3.